The standard InChI is InChI=1S/C17H26N4O3S/c1-11(2)13-7-14(19-18-13)17(22)21-6-5-20(8-12-3-4-12)15-9-25(23,24)10-16(15)21/h7,11-12,15-16H,3-6,8-10H2,1-2H3,(H,18,19)/t15-,16+/m1/s1. The third kappa shape index (κ3) is 3.33. The van der Waals surface area contributed by atoms with Crippen molar-refractivity contribution in [3.8, 4) is 0 Å². The molecule has 0 aromatic carbocycles. The fourth-order valence-electron chi connectivity index (χ4n) is 4.02. The van der Waals surface area contributed by atoms with Crippen molar-refractivity contribution in [2.75, 3.05) is 31.1 Å². The highest BCUT2D eigenvalue weighted by Crippen LogP contribution is 2.34. The highest BCUT2D eigenvalue weighted by molar-refractivity contribution is 7.91. The summed E-state index contributed by atoms with van der Waals surface area (Å²) in [5.74, 6) is 1.08. The summed E-state index contributed by atoms with van der Waals surface area (Å²) in [6, 6.07) is 1.48. The maximum atomic E-state index is 13.0. The summed E-state index contributed by atoms with van der Waals surface area (Å²) in [7, 11) is -3.10. The largest absolute Gasteiger partial charge is 0.330 e. The van der Waals surface area contributed by atoms with Crippen molar-refractivity contribution < 1.29 is 13.2 Å². The van der Waals surface area contributed by atoms with E-state index in [1.165, 1.54) is 12.8 Å². The Morgan fingerprint density at radius 2 is 2.00 bits per heavy atom. The SMILES string of the molecule is CC(C)c1cc(C(=O)N2CCN(CC3CC3)[C@@H]3CS(=O)(=O)C[C@@H]32)n[nH]1. The van der Waals surface area contributed by atoms with Crippen molar-refractivity contribution in [2.45, 2.75) is 44.7 Å². The highest BCUT2D eigenvalue weighted by atomic mass is 32.2. The molecule has 3 fully saturated rings. The molecule has 2 atom stereocenters. The number of hydrogen-bond donors (Lipinski definition) is 1. The van der Waals surface area contributed by atoms with E-state index in [1.54, 1.807) is 11.0 Å². The molecule has 0 spiro atoms. The Morgan fingerprint density at radius 1 is 1.28 bits per heavy atom. The number of piperazine rings is 1. The van der Waals surface area contributed by atoms with Crippen molar-refractivity contribution in [3.05, 3.63) is 17.5 Å². The monoisotopic (exact) mass is 366 g/mol. The first-order chi connectivity index (χ1) is 11.8. The molecule has 1 N–H and O–H groups in total. The molecule has 4 rings (SSSR count). The maximum Gasteiger partial charge on any atom is 0.274 e. The molecule has 1 aromatic heterocycles. The lowest BCUT2D eigenvalue weighted by molar-refractivity contribution is 0.0313. The second-order valence-electron chi connectivity index (χ2n) is 8.01. The van der Waals surface area contributed by atoms with E-state index in [9.17, 15) is 13.2 Å². The van der Waals surface area contributed by atoms with Gasteiger partial charge in [0.15, 0.2) is 9.84 Å². The molecule has 1 amide bonds. The lowest BCUT2D eigenvalue weighted by atomic mass is 10.0. The summed E-state index contributed by atoms with van der Waals surface area (Å²) in [6.07, 6.45) is 2.49. The van der Waals surface area contributed by atoms with Gasteiger partial charge in [-0.2, -0.15) is 5.10 Å². The molecule has 7 nitrogen and oxygen atoms in total. The zero-order valence-electron chi connectivity index (χ0n) is 14.8. The zero-order chi connectivity index (χ0) is 17.8. The lowest BCUT2D eigenvalue weighted by Crippen LogP contribution is -2.60. The lowest BCUT2D eigenvalue weighted by Gasteiger charge is -2.43. The third-order valence-corrected chi connectivity index (χ3v) is 7.38. The van der Waals surface area contributed by atoms with Crippen LogP contribution in [0.5, 0.6) is 0 Å². The topological polar surface area (TPSA) is 86.4 Å². The number of sulfone groups is 1. The normalized spacial score (nSPS) is 29.2. The van der Waals surface area contributed by atoms with Crippen molar-refractivity contribution in [1.82, 2.24) is 20.0 Å². The number of carbonyl (C=O) groups is 1. The summed E-state index contributed by atoms with van der Waals surface area (Å²) in [5.41, 5.74) is 1.31. The molecular formula is C17H26N4O3S. The predicted octanol–water partition coefficient (Wildman–Crippen LogP) is 0.867. The van der Waals surface area contributed by atoms with Gasteiger partial charge in [-0.05, 0) is 30.7 Å². The smallest absolute Gasteiger partial charge is 0.274 e. The van der Waals surface area contributed by atoms with Gasteiger partial charge in [-0.1, -0.05) is 13.8 Å². The van der Waals surface area contributed by atoms with Crippen LogP contribution in [0.2, 0.25) is 0 Å². The van der Waals surface area contributed by atoms with Gasteiger partial charge in [0.05, 0.1) is 17.5 Å². The summed E-state index contributed by atoms with van der Waals surface area (Å²) in [4.78, 5) is 17.0. The van der Waals surface area contributed by atoms with Crippen LogP contribution in [0.25, 0.3) is 0 Å². The maximum absolute atomic E-state index is 13.0. The minimum Gasteiger partial charge on any atom is -0.330 e. The summed E-state index contributed by atoms with van der Waals surface area (Å²) in [5, 5.41) is 7.08. The number of hydrogen-bond acceptors (Lipinski definition) is 5. The van der Waals surface area contributed by atoms with Crippen LogP contribution in [-0.2, 0) is 9.84 Å². The van der Waals surface area contributed by atoms with Crippen LogP contribution in [0, 0.1) is 5.92 Å². The van der Waals surface area contributed by atoms with Gasteiger partial charge in [-0.25, -0.2) is 8.42 Å². The Bertz CT molecular complexity index is 769. The molecule has 0 unspecified atom stereocenters. The Morgan fingerprint density at radius 3 is 2.64 bits per heavy atom. The van der Waals surface area contributed by atoms with Crippen molar-refractivity contribution in [2.24, 2.45) is 5.92 Å². The van der Waals surface area contributed by atoms with E-state index in [0.717, 1.165) is 18.8 Å². The molecule has 1 aliphatic carbocycles. The molecule has 1 aromatic rings. The van der Waals surface area contributed by atoms with Crippen LogP contribution in [0.1, 0.15) is 48.8 Å². The highest BCUT2D eigenvalue weighted by Gasteiger charge is 2.49. The Balaban J connectivity index is 1.56. The fraction of sp³-hybridized carbons (Fsp3) is 0.765. The van der Waals surface area contributed by atoms with E-state index < -0.39 is 9.84 Å². The van der Waals surface area contributed by atoms with E-state index in [-0.39, 0.29) is 35.4 Å². The average molecular weight is 366 g/mol. The third-order valence-electron chi connectivity index (χ3n) is 5.68. The van der Waals surface area contributed by atoms with E-state index in [0.29, 0.717) is 18.2 Å². The van der Waals surface area contributed by atoms with Gasteiger partial charge in [0.25, 0.3) is 5.91 Å². The molecule has 138 valence electrons. The average Bonchev–Trinajstić information content (AvgIpc) is 3.09. The molecule has 3 heterocycles. The van der Waals surface area contributed by atoms with Crippen molar-refractivity contribution >= 4 is 15.7 Å². The molecule has 2 aliphatic heterocycles. The predicted molar refractivity (Wildman–Crippen MR) is 94.2 cm³/mol. The fourth-order valence-corrected chi connectivity index (χ4v) is 6.04. The number of amides is 1. The number of H-pyrrole nitrogens is 1. The first kappa shape index (κ1) is 17.0. The number of rotatable bonds is 4. The minimum atomic E-state index is -3.10. The first-order valence-corrected chi connectivity index (χ1v) is 11.0. The number of nitrogens with one attached hydrogen (secondary N) is 1. The molecular weight excluding hydrogens is 340 g/mol. The van der Waals surface area contributed by atoms with Gasteiger partial charge >= 0.3 is 0 Å². The van der Waals surface area contributed by atoms with Crippen LogP contribution in [0.15, 0.2) is 6.07 Å². The Labute approximate surface area is 148 Å². The van der Waals surface area contributed by atoms with Gasteiger partial charge in [-0.15, -0.1) is 0 Å². The van der Waals surface area contributed by atoms with Crippen LogP contribution in [-0.4, -0.2) is 77.5 Å². The second-order valence-corrected chi connectivity index (χ2v) is 10.2. The minimum absolute atomic E-state index is 0.0631. The number of fused-ring (bicyclic) bond motifs is 1. The van der Waals surface area contributed by atoms with Gasteiger partial charge in [0.2, 0.25) is 0 Å². The molecule has 3 aliphatic rings. The van der Waals surface area contributed by atoms with E-state index in [2.05, 4.69) is 15.1 Å². The molecule has 1 saturated carbocycles. The summed E-state index contributed by atoms with van der Waals surface area (Å²) >= 11 is 0. The second kappa shape index (κ2) is 6.09. The van der Waals surface area contributed by atoms with Crippen molar-refractivity contribution in [3.63, 3.8) is 0 Å². The number of aromatic amines is 1. The quantitative estimate of drug-likeness (QED) is 0.854. The summed E-state index contributed by atoms with van der Waals surface area (Å²) < 4.78 is 24.5. The van der Waals surface area contributed by atoms with E-state index in [1.807, 2.05) is 13.8 Å². The van der Waals surface area contributed by atoms with Gasteiger partial charge in [0, 0.05) is 31.4 Å². The number of nitrogens with zero attached hydrogens (tertiary/aromatic N) is 3. The Hall–Kier alpha value is -1.41. The Kier molecular flexibility index (Phi) is 4.15. The number of carbonyl (C=O) groups excluding carboxylic acids is 1. The summed E-state index contributed by atoms with van der Waals surface area (Å²) in [6.45, 7) is 6.38. The number of aromatic nitrogens is 2. The molecule has 0 radical (unpaired) electrons. The zero-order valence-corrected chi connectivity index (χ0v) is 15.6. The van der Waals surface area contributed by atoms with Gasteiger partial charge in [-0.3, -0.25) is 14.8 Å². The van der Waals surface area contributed by atoms with E-state index >= 15 is 0 Å². The molecule has 0 bridgehead atoms. The molecule has 25 heavy (non-hydrogen) atoms. The van der Waals surface area contributed by atoms with Gasteiger partial charge < -0.3 is 4.90 Å². The van der Waals surface area contributed by atoms with Gasteiger partial charge in [0.1, 0.15) is 5.69 Å². The van der Waals surface area contributed by atoms with E-state index in [4.69, 9.17) is 0 Å². The van der Waals surface area contributed by atoms with Crippen LogP contribution in [0.3, 0.4) is 0 Å². The molecule has 2 saturated heterocycles. The van der Waals surface area contributed by atoms with Crippen LogP contribution < -0.4 is 0 Å². The molecule has 8 heteroatoms. The van der Waals surface area contributed by atoms with Crippen LogP contribution >= 0.6 is 0 Å². The van der Waals surface area contributed by atoms with Crippen LogP contribution in [0.4, 0.5) is 0 Å². The van der Waals surface area contributed by atoms with Crippen molar-refractivity contribution in [1.29, 1.82) is 0 Å². The first-order valence-electron chi connectivity index (χ1n) is 9.15.